The number of anilines is 1. The summed E-state index contributed by atoms with van der Waals surface area (Å²) in [6.07, 6.45) is 0. The second kappa shape index (κ2) is 6.11. The summed E-state index contributed by atoms with van der Waals surface area (Å²) in [5, 5.41) is 0. The molecule has 0 aliphatic rings. The van der Waals surface area contributed by atoms with Crippen LogP contribution >= 0.6 is 15.9 Å². The van der Waals surface area contributed by atoms with Gasteiger partial charge >= 0.3 is 0 Å². The lowest BCUT2D eigenvalue weighted by atomic mass is 10.3. The molecule has 0 aromatic heterocycles. The average molecular weight is 376 g/mol. The second-order valence-corrected chi connectivity index (χ2v) is 7.00. The Balaban J connectivity index is 2.48. The van der Waals surface area contributed by atoms with Gasteiger partial charge in [-0.1, -0.05) is 15.9 Å². The zero-order valence-electron chi connectivity index (χ0n) is 11.1. The molecule has 0 radical (unpaired) electrons. The largest absolute Gasteiger partial charge is 0.267 e. The highest BCUT2D eigenvalue weighted by Gasteiger charge is 2.24. The Morgan fingerprint density at radius 2 is 1.67 bits per heavy atom. The number of nitrogens with zero attached hydrogens (tertiary/aromatic N) is 1. The van der Waals surface area contributed by atoms with Crippen LogP contribution in [0.5, 0.6) is 0 Å². The molecule has 112 valence electrons. The van der Waals surface area contributed by atoms with Crippen molar-refractivity contribution in [3.05, 3.63) is 58.6 Å². The molecule has 0 amide bonds. The van der Waals surface area contributed by atoms with E-state index >= 15 is 0 Å². The topological polar surface area (TPSA) is 37.4 Å². The molecule has 0 aliphatic heterocycles. The van der Waals surface area contributed by atoms with Gasteiger partial charge in [0.1, 0.15) is 0 Å². The van der Waals surface area contributed by atoms with E-state index in [2.05, 4.69) is 15.9 Å². The first-order valence-corrected chi connectivity index (χ1v) is 8.33. The van der Waals surface area contributed by atoms with E-state index < -0.39 is 21.7 Å². The van der Waals surface area contributed by atoms with E-state index in [1.807, 2.05) is 0 Å². The zero-order valence-corrected chi connectivity index (χ0v) is 13.5. The maximum absolute atomic E-state index is 13.3. The minimum Gasteiger partial charge on any atom is -0.267 e. The van der Waals surface area contributed by atoms with E-state index in [9.17, 15) is 17.2 Å². The summed E-state index contributed by atoms with van der Waals surface area (Å²) in [5.41, 5.74) is 0.0827. The fourth-order valence-corrected chi connectivity index (χ4v) is 3.60. The number of sulfonamides is 1. The molecule has 0 unspecified atom stereocenters. The van der Waals surface area contributed by atoms with Crippen molar-refractivity contribution in [2.45, 2.75) is 11.8 Å². The van der Waals surface area contributed by atoms with Crippen molar-refractivity contribution in [3.8, 4) is 0 Å². The van der Waals surface area contributed by atoms with Crippen LogP contribution in [0.1, 0.15) is 6.92 Å². The smallest absolute Gasteiger partial charge is 0.264 e. The molecule has 2 aromatic rings. The maximum Gasteiger partial charge on any atom is 0.264 e. The molecule has 0 heterocycles. The van der Waals surface area contributed by atoms with Crippen LogP contribution in [0, 0.1) is 11.6 Å². The summed E-state index contributed by atoms with van der Waals surface area (Å²) < 4.78 is 53.2. The number of hydrogen-bond donors (Lipinski definition) is 0. The van der Waals surface area contributed by atoms with Crippen molar-refractivity contribution in [2.75, 3.05) is 10.8 Å². The molecular formula is C14H12BrF2NO2S. The van der Waals surface area contributed by atoms with Crippen LogP contribution in [0.3, 0.4) is 0 Å². The van der Waals surface area contributed by atoms with Gasteiger partial charge in [0.25, 0.3) is 10.0 Å². The Kier molecular flexibility index (Phi) is 4.63. The lowest BCUT2D eigenvalue weighted by Crippen LogP contribution is -2.30. The summed E-state index contributed by atoms with van der Waals surface area (Å²) >= 11 is 3.23. The van der Waals surface area contributed by atoms with Gasteiger partial charge in [-0.2, -0.15) is 0 Å². The van der Waals surface area contributed by atoms with Crippen LogP contribution in [-0.2, 0) is 10.0 Å². The van der Waals surface area contributed by atoms with Crippen molar-refractivity contribution in [3.63, 3.8) is 0 Å². The highest BCUT2D eigenvalue weighted by Crippen LogP contribution is 2.25. The number of hydrogen-bond acceptors (Lipinski definition) is 2. The predicted molar refractivity (Wildman–Crippen MR) is 80.7 cm³/mol. The summed E-state index contributed by atoms with van der Waals surface area (Å²) in [5.74, 6) is -2.10. The van der Waals surface area contributed by atoms with Crippen molar-refractivity contribution < 1.29 is 17.2 Å². The van der Waals surface area contributed by atoms with Gasteiger partial charge in [-0.25, -0.2) is 17.2 Å². The van der Waals surface area contributed by atoms with Gasteiger partial charge < -0.3 is 0 Å². The maximum atomic E-state index is 13.3. The average Bonchev–Trinajstić information content (AvgIpc) is 2.44. The summed E-state index contributed by atoms with van der Waals surface area (Å²) in [4.78, 5) is 0.0808. The fraction of sp³-hybridized carbons (Fsp3) is 0.143. The van der Waals surface area contributed by atoms with Gasteiger partial charge in [0.15, 0.2) is 11.6 Å². The van der Waals surface area contributed by atoms with Crippen LogP contribution in [0.25, 0.3) is 0 Å². The summed E-state index contributed by atoms with van der Waals surface area (Å²) in [6, 6.07) is 9.11. The normalized spacial score (nSPS) is 11.4. The van der Waals surface area contributed by atoms with Crippen LogP contribution < -0.4 is 4.31 Å². The quantitative estimate of drug-likeness (QED) is 0.811. The fourth-order valence-electron chi connectivity index (χ4n) is 1.87. The van der Waals surface area contributed by atoms with E-state index in [0.717, 1.165) is 20.9 Å². The molecule has 0 fully saturated rings. The highest BCUT2D eigenvalue weighted by atomic mass is 79.9. The molecular weight excluding hydrogens is 364 g/mol. The van der Waals surface area contributed by atoms with Crippen molar-refractivity contribution in [1.82, 2.24) is 0 Å². The summed E-state index contributed by atoms with van der Waals surface area (Å²) in [6.45, 7) is 1.72. The van der Waals surface area contributed by atoms with Gasteiger partial charge in [-0.15, -0.1) is 0 Å². The third kappa shape index (κ3) is 3.24. The Morgan fingerprint density at radius 3 is 2.19 bits per heavy atom. The third-order valence-electron chi connectivity index (χ3n) is 2.88. The number of halogens is 3. The van der Waals surface area contributed by atoms with Crippen LogP contribution in [-0.4, -0.2) is 15.0 Å². The number of rotatable bonds is 4. The molecule has 0 saturated heterocycles. The van der Waals surface area contributed by atoms with Crippen molar-refractivity contribution in [1.29, 1.82) is 0 Å². The van der Waals surface area contributed by atoms with Crippen LogP contribution in [0.4, 0.5) is 14.5 Å². The lowest BCUT2D eigenvalue weighted by molar-refractivity contribution is 0.508. The molecule has 7 heteroatoms. The van der Waals surface area contributed by atoms with Crippen LogP contribution in [0.15, 0.2) is 51.8 Å². The first-order valence-electron chi connectivity index (χ1n) is 6.09. The Morgan fingerprint density at radius 1 is 1.05 bits per heavy atom. The SMILES string of the molecule is CCN(c1ccc(F)c(F)c1)S(=O)(=O)c1ccc(Br)cc1. The predicted octanol–water partition coefficient (Wildman–Crippen LogP) is 3.94. The molecule has 21 heavy (non-hydrogen) atoms. The monoisotopic (exact) mass is 375 g/mol. The second-order valence-electron chi connectivity index (χ2n) is 4.22. The Bertz CT molecular complexity index is 748. The molecule has 0 N–H and O–H groups in total. The van der Waals surface area contributed by atoms with Gasteiger partial charge in [-0.3, -0.25) is 4.31 Å². The standard InChI is InChI=1S/C14H12BrF2NO2S/c1-2-18(11-5-8-13(16)14(17)9-11)21(19,20)12-6-3-10(15)4-7-12/h3-9H,2H2,1H3. The molecule has 0 atom stereocenters. The van der Waals surface area contributed by atoms with Crippen molar-refractivity contribution in [2.24, 2.45) is 0 Å². The third-order valence-corrected chi connectivity index (χ3v) is 5.33. The van der Waals surface area contributed by atoms with Gasteiger partial charge in [0.05, 0.1) is 10.6 Å². The van der Waals surface area contributed by atoms with Gasteiger partial charge in [-0.05, 0) is 43.3 Å². The molecule has 0 aliphatic carbocycles. The lowest BCUT2D eigenvalue weighted by Gasteiger charge is -2.23. The minimum atomic E-state index is -3.83. The van der Waals surface area contributed by atoms with E-state index in [1.165, 1.54) is 18.2 Å². The van der Waals surface area contributed by atoms with Crippen LogP contribution in [0.2, 0.25) is 0 Å². The zero-order chi connectivity index (χ0) is 15.6. The van der Waals surface area contributed by atoms with E-state index in [0.29, 0.717) is 0 Å². The Labute approximate surface area is 130 Å². The summed E-state index contributed by atoms with van der Waals surface area (Å²) in [7, 11) is -3.83. The molecule has 2 rings (SSSR count). The highest BCUT2D eigenvalue weighted by molar-refractivity contribution is 9.10. The van der Waals surface area contributed by atoms with E-state index in [4.69, 9.17) is 0 Å². The van der Waals surface area contributed by atoms with E-state index in [1.54, 1.807) is 19.1 Å². The van der Waals surface area contributed by atoms with E-state index in [-0.39, 0.29) is 17.1 Å². The molecule has 0 spiro atoms. The molecule has 2 aromatic carbocycles. The number of benzene rings is 2. The minimum absolute atomic E-state index is 0.0808. The molecule has 0 saturated carbocycles. The van der Waals surface area contributed by atoms with Gasteiger partial charge in [0.2, 0.25) is 0 Å². The first kappa shape index (κ1) is 15.9. The molecule has 0 bridgehead atoms. The first-order chi connectivity index (χ1) is 9.86. The van der Waals surface area contributed by atoms with Gasteiger partial charge in [0, 0.05) is 17.1 Å². The molecule has 3 nitrogen and oxygen atoms in total. The Hall–Kier alpha value is -1.47. The van der Waals surface area contributed by atoms with Crippen molar-refractivity contribution >= 4 is 31.6 Å².